The van der Waals surface area contributed by atoms with Gasteiger partial charge >= 0.3 is 5.97 Å². The van der Waals surface area contributed by atoms with Crippen LogP contribution in [-0.4, -0.2) is 35.0 Å². The fourth-order valence-electron chi connectivity index (χ4n) is 4.60. The first-order valence-corrected chi connectivity index (χ1v) is 12.4. The van der Waals surface area contributed by atoms with Crippen LogP contribution < -0.4 is 4.74 Å². The van der Waals surface area contributed by atoms with Crippen LogP contribution in [0.5, 0.6) is 5.75 Å². The summed E-state index contributed by atoms with van der Waals surface area (Å²) in [5.74, 6) is -0.315. The Hall–Kier alpha value is -4.71. The van der Waals surface area contributed by atoms with E-state index in [2.05, 4.69) is 30.5 Å². The fraction of sp³-hybridized carbons (Fsp3) is 0.156. The summed E-state index contributed by atoms with van der Waals surface area (Å²) in [4.78, 5) is 30.8. The average molecular weight is 505 g/mol. The Morgan fingerprint density at radius 2 is 1.58 bits per heavy atom. The van der Waals surface area contributed by atoms with E-state index in [-0.39, 0.29) is 12.4 Å². The van der Waals surface area contributed by atoms with Gasteiger partial charge in [-0.25, -0.2) is 9.78 Å². The number of fused-ring (bicyclic) bond motifs is 1. The number of ketones is 1. The van der Waals surface area contributed by atoms with Crippen molar-refractivity contribution in [3.05, 3.63) is 113 Å². The first-order valence-electron chi connectivity index (χ1n) is 12.4. The summed E-state index contributed by atoms with van der Waals surface area (Å²) in [6.45, 7) is 5.73. The molecule has 6 nitrogen and oxygen atoms in total. The molecule has 5 rings (SSSR count). The Morgan fingerprint density at radius 1 is 0.842 bits per heavy atom. The van der Waals surface area contributed by atoms with E-state index in [1.54, 1.807) is 30.3 Å². The van der Waals surface area contributed by atoms with Crippen LogP contribution in [0.3, 0.4) is 0 Å². The number of hydrogen-bond acceptors (Lipinski definition) is 5. The van der Waals surface area contributed by atoms with Crippen molar-refractivity contribution in [2.24, 2.45) is 0 Å². The molecule has 0 N–H and O–H groups in total. The predicted octanol–water partition coefficient (Wildman–Crippen LogP) is 6.67. The molecular formula is C32H28N2O4. The van der Waals surface area contributed by atoms with Crippen molar-refractivity contribution in [3.63, 3.8) is 0 Å². The Bertz CT molecular complexity index is 1650. The molecule has 0 amide bonds. The van der Waals surface area contributed by atoms with E-state index in [0.717, 1.165) is 28.2 Å². The summed E-state index contributed by atoms with van der Waals surface area (Å²) in [5, 5.41) is 0.683. The van der Waals surface area contributed by atoms with E-state index in [4.69, 9.17) is 14.5 Å². The van der Waals surface area contributed by atoms with Gasteiger partial charge in [-0.15, -0.1) is 0 Å². The number of hydrogen-bond donors (Lipinski definition) is 0. The lowest BCUT2D eigenvalue weighted by Crippen LogP contribution is -2.15. The van der Waals surface area contributed by atoms with Crippen molar-refractivity contribution in [1.29, 1.82) is 0 Å². The third-order valence-electron chi connectivity index (χ3n) is 6.60. The second-order valence-electron chi connectivity index (χ2n) is 9.31. The molecule has 0 aliphatic heterocycles. The van der Waals surface area contributed by atoms with Crippen LogP contribution in [-0.2, 0) is 4.74 Å². The summed E-state index contributed by atoms with van der Waals surface area (Å²) in [5.41, 5.74) is 7.36. The highest BCUT2D eigenvalue weighted by molar-refractivity contribution is 6.06. The Morgan fingerprint density at radius 3 is 2.29 bits per heavy atom. The van der Waals surface area contributed by atoms with Crippen molar-refractivity contribution in [1.82, 2.24) is 9.55 Å². The van der Waals surface area contributed by atoms with Crippen LogP contribution in [0, 0.1) is 20.8 Å². The van der Waals surface area contributed by atoms with Gasteiger partial charge in [0.2, 0.25) is 0 Å². The first kappa shape index (κ1) is 25.0. The number of esters is 1. The lowest BCUT2D eigenvalue weighted by atomic mass is 10.0. The summed E-state index contributed by atoms with van der Waals surface area (Å²) in [7, 11) is 1.54. The molecule has 6 heteroatoms. The highest BCUT2D eigenvalue weighted by atomic mass is 16.5. The number of aryl methyl sites for hydroxylation is 3. The van der Waals surface area contributed by atoms with Crippen molar-refractivity contribution in [2.75, 3.05) is 13.7 Å². The topological polar surface area (TPSA) is 70.4 Å². The average Bonchev–Trinajstić information content (AvgIpc) is 3.28. The number of carbonyl (C=O) groups excluding carboxylic acids is 2. The second kappa shape index (κ2) is 10.3. The number of benzene rings is 3. The summed E-state index contributed by atoms with van der Waals surface area (Å²) in [6, 6.07) is 26.5. The number of rotatable bonds is 7. The van der Waals surface area contributed by atoms with E-state index in [1.807, 2.05) is 49.4 Å². The van der Waals surface area contributed by atoms with Gasteiger partial charge in [0.25, 0.3) is 0 Å². The van der Waals surface area contributed by atoms with E-state index in [0.29, 0.717) is 33.5 Å². The van der Waals surface area contributed by atoms with Crippen LogP contribution in [0.25, 0.3) is 27.8 Å². The number of carbonyl (C=O) groups is 2. The quantitative estimate of drug-likeness (QED) is 0.183. The zero-order chi connectivity index (χ0) is 26.8. The maximum Gasteiger partial charge on any atom is 0.339 e. The van der Waals surface area contributed by atoms with Gasteiger partial charge in [-0.2, -0.15) is 0 Å². The number of ether oxygens (including phenoxy) is 2. The highest BCUT2D eigenvalue weighted by Gasteiger charge is 2.18. The zero-order valence-electron chi connectivity index (χ0n) is 21.8. The normalized spacial score (nSPS) is 10.9. The largest absolute Gasteiger partial charge is 0.497 e. The van der Waals surface area contributed by atoms with Gasteiger partial charge in [-0.3, -0.25) is 4.79 Å². The predicted molar refractivity (Wildman–Crippen MR) is 148 cm³/mol. The molecule has 0 bridgehead atoms. The third-order valence-corrected chi connectivity index (χ3v) is 6.60. The molecular weight excluding hydrogens is 476 g/mol. The molecule has 0 aliphatic carbocycles. The van der Waals surface area contributed by atoms with E-state index < -0.39 is 5.97 Å². The van der Waals surface area contributed by atoms with Gasteiger partial charge in [-0.1, -0.05) is 35.9 Å². The molecule has 0 aliphatic rings. The molecule has 0 saturated heterocycles. The molecule has 0 fully saturated rings. The third kappa shape index (κ3) is 4.93. The molecule has 0 saturated carbocycles. The Balaban J connectivity index is 1.46. The van der Waals surface area contributed by atoms with Crippen molar-refractivity contribution in [2.45, 2.75) is 20.8 Å². The van der Waals surface area contributed by atoms with Crippen molar-refractivity contribution < 1.29 is 19.1 Å². The molecule has 0 spiro atoms. The smallest absolute Gasteiger partial charge is 0.339 e. The number of methoxy groups -OCH3 is 1. The molecule has 5 aromatic rings. The molecule has 2 aromatic heterocycles. The maximum atomic E-state index is 13.3. The number of nitrogens with zero attached hydrogens (tertiary/aromatic N) is 2. The molecule has 190 valence electrons. The number of Topliss-reactive ketones (excluding diaryl/α,β-unsaturated/α-hetero) is 1. The second-order valence-corrected chi connectivity index (χ2v) is 9.31. The molecule has 2 heterocycles. The minimum atomic E-state index is -0.573. The lowest BCUT2D eigenvalue weighted by molar-refractivity contribution is 0.0476. The minimum Gasteiger partial charge on any atom is -0.497 e. The van der Waals surface area contributed by atoms with E-state index in [1.165, 1.54) is 7.11 Å². The summed E-state index contributed by atoms with van der Waals surface area (Å²) >= 11 is 0. The van der Waals surface area contributed by atoms with Gasteiger partial charge in [-0.05, 0) is 75.4 Å². The molecule has 0 atom stereocenters. The van der Waals surface area contributed by atoms with Gasteiger partial charge in [0.1, 0.15) is 5.75 Å². The van der Waals surface area contributed by atoms with Gasteiger partial charge in [0.05, 0.1) is 23.9 Å². The zero-order valence-corrected chi connectivity index (χ0v) is 21.8. The molecule has 3 aromatic carbocycles. The van der Waals surface area contributed by atoms with Crippen molar-refractivity contribution in [3.8, 4) is 22.7 Å². The van der Waals surface area contributed by atoms with Crippen LogP contribution >= 0.6 is 0 Å². The van der Waals surface area contributed by atoms with Crippen LogP contribution in [0.1, 0.15) is 37.7 Å². The number of pyridine rings is 1. The first-order chi connectivity index (χ1) is 18.3. The number of aromatic nitrogens is 2. The lowest BCUT2D eigenvalue weighted by Gasteiger charge is -2.12. The standard InChI is InChI=1S/C32H28N2O4/c1-20-8-15-29-27(16-20)28(32(36)38-19-31(35)24-6-5-7-26(17-24)37-4)18-30(33-29)23-11-13-25(14-12-23)34-21(2)9-10-22(34)3/h5-18H,19H2,1-4H3. The minimum absolute atomic E-state index is 0.307. The molecule has 0 unspecified atom stereocenters. The van der Waals surface area contributed by atoms with Gasteiger partial charge in [0.15, 0.2) is 12.4 Å². The summed E-state index contributed by atoms with van der Waals surface area (Å²) in [6.07, 6.45) is 0. The Labute approximate surface area is 221 Å². The maximum absolute atomic E-state index is 13.3. The van der Waals surface area contributed by atoms with Crippen molar-refractivity contribution >= 4 is 22.7 Å². The highest BCUT2D eigenvalue weighted by Crippen LogP contribution is 2.28. The van der Waals surface area contributed by atoms with Gasteiger partial charge < -0.3 is 14.0 Å². The van der Waals surface area contributed by atoms with Crippen LogP contribution in [0.2, 0.25) is 0 Å². The molecule has 38 heavy (non-hydrogen) atoms. The fourth-order valence-corrected chi connectivity index (χ4v) is 4.60. The summed E-state index contributed by atoms with van der Waals surface area (Å²) < 4.78 is 12.9. The monoisotopic (exact) mass is 504 g/mol. The molecule has 0 radical (unpaired) electrons. The van der Waals surface area contributed by atoms with Crippen LogP contribution in [0.4, 0.5) is 0 Å². The van der Waals surface area contributed by atoms with E-state index >= 15 is 0 Å². The van der Waals surface area contributed by atoms with Crippen LogP contribution in [0.15, 0.2) is 84.9 Å². The van der Waals surface area contributed by atoms with Gasteiger partial charge in [0, 0.05) is 33.6 Å². The van der Waals surface area contributed by atoms with E-state index in [9.17, 15) is 9.59 Å². The SMILES string of the molecule is COc1cccc(C(=O)COC(=O)c2cc(-c3ccc(-n4c(C)ccc4C)cc3)nc3ccc(C)cc23)c1. The Kier molecular flexibility index (Phi) is 6.79.